The number of benzene rings is 2. The van der Waals surface area contributed by atoms with Crippen LogP contribution in [0.25, 0.3) is 21.8 Å². The second kappa shape index (κ2) is 12.7. The summed E-state index contributed by atoms with van der Waals surface area (Å²) in [5.74, 6) is -1.23. The average molecular weight is 737 g/mol. The highest BCUT2D eigenvalue weighted by atomic mass is 16.6. The topological polar surface area (TPSA) is 151 Å². The van der Waals surface area contributed by atoms with Gasteiger partial charge in [0.25, 0.3) is 0 Å². The molecule has 0 amide bonds. The number of rotatable bonds is 5. The number of ether oxygens (including phenoxy) is 2. The van der Waals surface area contributed by atoms with Gasteiger partial charge in [0.1, 0.15) is 5.75 Å². The number of hydrogen-bond donors (Lipinski definition) is 5. The summed E-state index contributed by atoms with van der Waals surface area (Å²) < 4.78 is 12.9. The van der Waals surface area contributed by atoms with E-state index in [9.17, 15) is 24.9 Å². The van der Waals surface area contributed by atoms with Crippen molar-refractivity contribution in [2.75, 3.05) is 33.3 Å². The number of allylic oxidation sites excluding steroid dienone is 1. The second-order valence-corrected chi connectivity index (χ2v) is 16.9. The summed E-state index contributed by atoms with van der Waals surface area (Å²) in [6.45, 7) is 8.71. The van der Waals surface area contributed by atoms with Gasteiger partial charge in [-0.2, -0.15) is 0 Å². The maximum Gasteiger partial charge on any atom is 0.303 e. The molecule has 54 heavy (non-hydrogen) atoms. The summed E-state index contributed by atoms with van der Waals surface area (Å²) in [7, 11) is 2.03. The van der Waals surface area contributed by atoms with Crippen LogP contribution in [0.1, 0.15) is 81.0 Å². The number of likely N-dealkylation sites (tertiary alicyclic amines) is 1. The van der Waals surface area contributed by atoms with Gasteiger partial charge in [0.2, 0.25) is 0 Å². The van der Waals surface area contributed by atoms with Gasteiger partial charge in [-0.25, -0.2) is 0 Å². The van der Waals surface area contributed by atoms with Gasteiger partial charge >= 0.3 is 11.9 Å². The van der Waals surface area contributed by atoms with E-state index in [0.717, 1.165) is 81.4 Å². The van der Waals surface area contributed by atoms with Crippen LogP contribution >= 0.6 is 0 Å². The van der Waals surface area contributed by atoms with E-state index in [1.807, 2.05) is 39.1 Å². The van der Waals surface area contributed by atoms with E-state index in [1.165, 1.54) is 13.8 Å². The molecule has 5 N–H and O–H groups in total. The van der Waals surface area contributed by atoms with E-state index in [4.69, 9.17) is 9.47 Å². The summed E-state index contributed by atoms with van der Waals surface area (Å²) in [6, 6.07) is 11.5. The Bertz CT molecular complexity index is 2200. The quantitative estimate of drug-likeness (QED) is 0.141. The highest BCUT2D eigenvalue weighted by Crippen LogP contribution is 2.57. The molecule has 286 valence electrons. The molecule has 2 aromatic carbocycles. The van der Waals surface area contributed by atoms with Crippen LogP contribution in [0.3, 0.4) is 0 Å². The van der Waals surface area contributed by atoms with E-state index >= 15 is 0 Å². The fourth-order valence-electron chi connectivity index (χ4n) is 12.2. The molecule has 4 aromatic rings. The summed E-state index contributed by atoms with van der Waals surface area (Å²) in [4.78, 5) is 38.3. The third kappa shape index (κ3) is 5.00. The number of aromatic hydroxyl groups is 1. The third-order valence-corrected chi connectivity index (χ3v) is 14.0. The normalized spacial score (nSPS) is 34.5. The van der Waals surface area contributed by atoms with Gasteiger partial charge in [0.15, 0.2) is 11.2 Å². The fourth-order valence-corrected chi connectivity index (χ4v) is 12.2. The number of para-hydroxylation sites is 1. The van der Waals surface area contributed by atoms with Crippen LogP contribution in [0.5, 0.6) is 5.75 Å². The average Bonchev–Trinajstić information content (AvgIpc) is 3.67. The van der Waals surface area contributed by atoms with Gasteiger partial charge in [0, 0.05) is 78.8 Å². The number of aliphatic hydroxyl groups is 2. The number of carbonyl (C=O) groups is 2. The third-order valence-electron chi connectivity index (χ3n) is 14.0. The highest BCUT2D eigenvalue weighted by Gasteiger charge is 2.62. The molecular weight excluding hydrogens is 684 g/mol. The predicted octanol–water partition coefficient (Wildman–Crippen LogP) is 5.01. The molecule has 0 radical (unpaired) electrons. The molecule has 2 aromatic heterocycles. The zero-order valence-electron chi connectivity index (χ0n) is 31.8. The van der Waals surface area contributed by atoms with Crippen molar-refractivity contribution in [3.05, 3.63) is 76.1 Å². The van der Waals surface area contributed by atoms with Crippen molar-refractivity contribution < 1.29 is 34.4 Å². The number of piperidine rings is 3. The Hall–Kier alpha value is -4.16. The molecule has 3 saturated heterocycles. The number of aromatic amines is 2. The van der Waals surface area contributed by atoms with E-state index in [1.54, 1.807) is 6.07 Å². The number of carbonyl (C=O) groups excluding carboxylic acids is 2. The lowest BCUT2D eigenvalue weighted by Crippen LogP contribution is -2.67. The summed E-state index contributed by atoms with van der Waals surface area (Å²) >= 11 is 0. The predicted molar refractivity (Wildman–Crippen MR) is 204 cm³/mol. The molecule has 10 rings (SSSR count). The lowest BCUT2D eigenvalue weighted by molar-refractivity contribution is -0.208. The van der Waals surface area contributed by atoms with Crippen LogP contribution in [0.15, 0.2) is 48.0 Å². The fraction of sp³-hybridized carbons (Fsp3) is 0.535. The summed E-state index contributed by atoms with van der Waals surface area (Å²) in [5, 5.41) is 36.7. The summed E-state index contributed by atoms with van der Waals surface area (Å²) in [5.41, 5.74) is 5.34. The van der Waals surface area contributed by atoms with Gasteiger partial charge in [-0.15, -0.1) is 0 Å². The molecule has 4 aliphatic heterocycles. The van der Waals surface area contributed by atoms with Gasteiger partial charge in [-0.05, 0) is 88.2 Å². The SMILES string of the molecule is C/C=C1/CN(C)[C@H]2Cc3c([nH]c4ccccc34)[C@@H](c3c(O)ccc4c5c([nH]c34)[C@]3(OC(C)=O)C[C@H]4C[C@H]([C@H](C)O)[C@@H]3N(CC5)C4)C[C@@H]1[C@]2(CO)OC(C)=O. The van der Waals surface area contributed by atoms with Crippen LogP contribution < -0.4 is 0 Å². The minimum absolute atomic E-state index is 0.0638. The smallest absolute Gasteiger partial charge is 0.303 e. The zero-order chi connectivity index (χ0) is 37.8. The number of likely N-dealkylation sites (N-methyl/N-ethyl adjacent to an activating group) is 1. The molecule has 1 unspecified atom stereocenters. The molecule has 6 bridgehead atoms. The van der Waals surface area contributed by atoms with Crippen molar-refractivity contribution in [1.82, 2.24) is 19.8 Å². The maximum absolute atomic E-state index is 13.1. The van der Waals surface area contributed by atoms with Crippen LogP contribution in [0.4, 0.5) is 0 Å². The lowest BCUT2D eigenvalue weighted by Gasteiger charge is -2.58. The first-order valence-electron chi connectivity index (χ1n) is 19.6. The Morgan fingerprint density at radius 1 is 1.06 bits per heavy atom. The summed E-state index contributed by atoms with van der Waals surface area (Å²) in [6.07, 6.45) is 4.75. The van der Waals surface area contributed by atoms with Crippen LogP contribution in [-0.2, 0) is 37.5 Å². The molecule has 11 heteroatoms. The number of hydrogen-bond acceptors (Lipinski definition) is 9. The lowest BCUT2D eigenvalue weighted by atomic mass is 9.62. The first-order valence-corrected chi connectivity index (χ1v) is 19.6. The van der Waals surface area contributed by atoms with Crippen LogP contribution in [0.2, 0.25) is 0 Å². The standard InChI is InChI=1S/C43H52N4O7/c1-6-26-20-46(5)36-17-31-27-9-7-8-10-34(27)44-38(31)32(16-33(26)43(36,21-48)54-24(4)51)37-35(52)12-11-28-29-13-14-47-19-25-15-30(22(2)49)41(47)42(18-25,53-23(3)50)40(29)45-39(28)37/h6-12,22,25,30,32-33,36,41,44-45,48-49,52H,13-21H2,1-5H3/b26-6-/t22-,25+,30+,32+,33-,36-,41-,42+,43-/m0/s1. The van der Waals surface area contributed by atoms with Gasteiger partial charge in [-0.3, -0.25) is 19.4 Å². The molecule has 1 saturated carbocycles. The van der Waals surface area contributed by atoms with Crippen molar-refractivity contribution in [3.8, 4) is 5.75 Å². The van der Waals surface area contributed by atoms with E-state index in [2.05, 4.69) is 38.0 Å². The van der Waals surface area contributed by atoms with Crippen molar-refractivity contribution >= 4 is 33.7 Å². The van der Waals surface area contributed by atoms with E-state index < -0.39 is 29.2 Å². The first-order chi connectivity index (χ1) is 25.9. The van der Waals surface area contributed by atoms with Gasteiger partial charge < -0.3 is 34.8 Å². The number of phenols is 1. The Kier molecular flexibility index (Phi) is 8.35. The maximum atomic E-state index is 13.1. The largest absolute Gasteiger partial charge is 0.508 e. The van der Waals surface area contributed by atoms with E-state index in [-0.39, 0.29) is 48.2 Å². The number of aliphatic hydroxyl groups excluding tert-OH is 2. The van der Waals surface area contributed by atoms with Gasteiger partial charge in [0.05, 0.1) is 36.0 Å². The van der Waals surface area contributed by atoms with Crippen LogP contribution in [0, 0.1) is 17.8 Å². The van der Waals surface area contributed by atoms with E-state index in [0.29, 0.717) is 25.8 Å². The minimum atomic E-state index is -1.23. The number of esters is 2. The van der Waals surface area contributed by atoms with Crippen molar-refractivity contribution in [2.24, 2.45) is 17.8 Å². The first kappa shape index (κ1) is 35.5. The van der Waals surface area contributed by atoms with Crippen molar-refractivity contribution in [3.63, 3.8) is 0 Å². The molecule has 6 aliphatic rings. The highest BCUT2D eigenvalue weighted by molar-refractivity contribution is 5.92. The Labute approximate surface area is 315 Å². The Balaban J connectivity index is 1.31. The Morgan fingerprint density at radius 2 is 1.83 bits per heavy atom. The molecule has 6 heterocycles. The number of phenolic OH excluding ortho intramolecular Hbond substituents is 1. The molecule has 2 aliphatic carbocycles. The molecule has 10 atom stereocenters. The molecule has 0 spiro atoms. The monoisotopic (exact) mass is 736 g/mol. The minimum Gasteiger partial charge on any atom is -0.508 e. The zero-order valence-corrected chi connectivity index (χ0v) is 31.8. The number of nitrogens with zero attached hydrogens (tertiary/aromatic N) is 2. The van der Waals surface area contributed by atoms with Gasteiger partial charge in [-0.1, -0.05) is 29.8 Å². The van der Waals surface area contributed by atoms with Crippen molar-refractivity contribution in [1.29, 1.82) is 0 Å². The number of fused-ring (bicyclic) bond motifs is 9. The van der Waals surface area contributed by atoms with Crippen molar-refractivity contribution in [2.45, 2.75) is 95.1 Å². The van der Waals surface area contributed by atoms with Crippen LogP contribution in [-0.4, -0.2) is 104 Å². The molecule has 11 nitrogen and oxygen atoms in total. The number of nitrogens with one attached hydrogen (secondary N) is 2. The second-order valence-electron chi connectivity index (χ2n) is 16.9. The number of aromatic nitrogens is 2. The molecule has 4 fully saturated rings. The Morgan fingerprint density at radius 3 is 2.56 bits per heavy atom. The molecular formula is C43H52N4O7. The number of H-pyrrole nitrogens is 2.